The number of anilines is 1. The average molecular weight is 400 g/mol. The van der Waals surface area contributed by atoms with Crippen molar-refractivity contribution < 1.29 is 19.1 Å². The minimum atomic E-state index is -0.587. The second-order valence-electron chi connectivity index (χ2n) is 6.80. The van der Waals surface area contributed by atoms with Crippen molar-refractivity contribution >= 4 is 35.1 Å². The SMILES string of the molecule is CC(=O)CSc1ccccc1C(=O)OCC(=O)Nc1c(C)cccc1C(C)C. The zero-order valence-corrected chi connectivity index (χ0v) is 17.4. The molecule has 1 amide bonds. The van der Waals surface area contributed by atoms with Crippen LogP contribution < -0.4 is 5.32 Å². The van der Waals surface area contributed by atoms with Crippen molar-refractivity contribution in [1.82, 2.24) is 0 Å². The largest absolute Gasteiger partial charge is 0.452 e. The molecule has 0 radical (unpaired) electrons. The van der Waals surface area contributed by atoms with Gasteiger partial charge in [-0.15, -0.1) is 11.8 Å². The van der Waals surface area contributed by atoms with Crippen molar-refractivity contribution in [2.45, 2.75) is 38.5 Å². The minimum Gasteiger partial charge on any atom is -0.452 e. The van der Waals surface area contributed by atoms with Gasteiger partial charge >= 0.3 is 5.97 Å². The standard InChI is InChI=1S/C22H25NO4S/c1-14(2)17-10-7-8-15(3)21(17)23-20(25)12-27-22(26)18-9-5-6-11-19(18)28-13-16(4)24/h5-11,14H,12-13H2,1-4H3,(H,23,25). The van der Waals surface area contributed by atoms with Gasteiger partial charge in [-0.1, -0.05) is 44.2 Å². The van der Waals surface area contributed by atoms with E-state index in [4.69, 9.17) is 4.74 Å². The number of nitrogens with one attached hydrogen (secondary N) is 1. The Morgan fingerprint density at radius 1 is 1.07 bits per heavy atom. The summed E-state index contributed by atoms with van der Waals surface area (Å²) in [5.41, 5.74) is 3.10. The van der Waals surface area contributed by atoms with Crippen LogP contribution in [0.3, 0.4) is 0 Å². The van der Waals surface area contributed by atoms with E-state index in [1.54, 1.807) is 24.3 Å². The number of amides is 1. The highest BCUT2D eigenvalue weighted by Crippen LogP contribution is 2.27. The fraction of sp³-hybridized carbons (Fsp3) is 0.318. The van der Waals surface area contributed by atoms with E-state index in [0.717, 1.165) is 16.8 Å². The molecule has 0 aliphatic carbocycles. The summed E-state index contributed by atoms with van der Waals surface area (Å²) in [6.45, 7) is 7.15. The van der Waals surface area contributed by atoms with Gasteiger partial charge in [-0.05, 0) is 43.0 Å². The third kappa shape index (κ3) is 5.96. The predicted molar refractivity (Wildman–Crippen MR) is 112 cm³/mol. The lowest BCUT2D eigenvalue weighted by atomic mass is 9.98. The molecule has 0 aromatic heterocycles. The van der Waals surface area contributed by atoms with Crippen LogP contribution in [0.2, 0.25) is 0 Å². The predicted octanol–water partition coefficient (Wildman–Crippen LogP) is 4.60. The number of hydrogen-bond donors (Lipinski definition) is 1. The summed E-state index contributed by atoms with van der Waals surface area (Å²) >= 11 is 1.28. The van der Waals surface area contributed by atoms with Crippen LogP contribution in [-0.2, 0) is 14.3 Å². The number of carbonyl (C=O) groups is 3. The maximum atomic E-state index is 12.4. The summed E-state index contributed by atoms with van der Waals surface area (Å²) in [6, 6.07) is 12.7. The van der Waals surface area contributed by atoms with Crippen LogP contribution in [0.4, 0.5) is 5.69 Å². The summed E-state index contributed by atoms with van der Waals surface area (Å²) in [5, 5.41) is 2.86. The van der Waals surface area contributed by atoms with E-state index in [0.29, 0.717) is 10.5 Å². The van der Waals surface area contributed by atoms with Crippen molar-refractivity contribution in [2.75, 3.05) is 17.7 Å². The lowest BCUT2D eigenvalue weighted by Gasteiger charge is -2.16. The van der Waals surface area contributed by atoms with Crippen LogP contribution in [0, 0.1) is 6.92 Å². The zero-order chi connectivity index (χ0) is 20.7. The van der Waals surface area contributed by atoms with Crippen LogP contribution in [-0.4, -0.2) is 30.0 Å². The van der Waals surface area contributed by atoms with Crippen molar-refractivity contribution in [3.8, 4) is 0 Å². The van der Waals surface area contributed by atoms with Gasteiger partial charge in [0, 0.05) is 10.6 Å². The van der Waals surface area contributed by atoms with Crippen LogP contribution >= 0.6 is 11.8 Å². The minimum absolute atomic E-state index is 0.0201. The fourth-order valence-electron chi connectivity index (χ4n) is 2.67. The molecule has 148 valence electrons. The van der Waals surface area contributed by atoms with Gasteiger partial charge in [0.25, 0.3) is 5.91 Å². The lowest BCUT2D eigenvalue weighted by Crippen LogP contribution is -2.22. The molecule has 5 nitrogen and oxygen atoms in total. The maximum absolute atomic E-state index is 12.4. The molecule has 0 aliphatic rings. The van der Waals surface area contributed by atoms with Gasteiger partial charge in [0.1, 0.15) is 5.78 Å². The Labute approximate surface area is 169 Å². The number of esters is 1. The highest BCUT2D eigenvalue weighted by Gasteiger charge is 2.17. The van der Waals surface area contributed by atoms with Crippen molar-refractivity contribution in [3.63, 3.8) is 0 Å². The molecule has 0 fully saturated rings. The Hall–Kier alpha value is -2.60. The second kappa shape index (κ2) is 10.1. The number of aryl methyl sites for hydroxylation is 1. The number of thioether (sulfide) groups is 1. The van der Waals surface area contributed by atoms with E-state index in [-0.39, 0.29) is 24.1 Å². The third-order valence-corrected chi connectivity index (χ3v) is 5.28. The van der Waals surface area contributed by atoms with E-state index < -0.39 is 11.9 Å². The molecular formula is C22H25NO4S. The molecule has 0 heterocycles. The second-order valence-corrected chi connectivity index (χ2v) is 7.82. The third-order valence-electron chi connectivity index (χ3n) is 4.06. The van der Waals surface area contributed by atoms with Crippen LogP contribution in [0.5, 0.6) is 0 Å². The molecule has 0 saturated carbocycles. The van der Waals surface area contributed by atoms with Crippen molar-refractivity contribution in [1.29, 1.82) is 0 Å². The first-order chi connectivity index (χ1) is 13.3. The first-order valence-corrected chi connectivity index (χ1v) is 10.1. The molecule has 6 heteroatoms. The van der Waals surface area contributed by atoms with Gasteiger partial charge < -0.3 is 10.1 Å². The molecule has 2 rings (SSSR count). The molecule has 1 N–H and O–H groups in total. The normalized spacial score (nSPS) is 10.6. The first-order valence-electron chi connectivity index (χ1n) is 9.07. The van der Waals surface area contributed by atoms with Crippen LogP contribution in [0.25, 0.3) is 0 Å². The topological polar surface area (TPSA) is 72.5 Å². The Morgan fingerprint density at radius 3 is 2.46 bits per heavy atom. The molecule has 0 saturated heterocycles. The monoisotopic (exact) mass is 399 g/mol. The van der Waals surface area contributed by atoms with Gasteiger partial charge in [-0.25, -0.2) is 4.79 Å². The summed E-state index contributed by atoms with van der Waals surface area (Å²) in [4.78, 5) is 36.6. The number of carbonyl (C=O) groups excluding carboxylic acids is 3. The average Bonchev–Trinajstić information content (AvgIpc) is 2.66. The Kier molecular flexibility index (Phi) is 7.81. The summed E-state index contributed by atoms with van der Waals surface area (Å²) in [5.74, 6) is -0.431. The molecule has 0 atom stereocenters. The number of Topliss-reactive ketones (excluding diaryl/α,β-unsaturated/α-hetero) is 1. The van der Waals surface area contributed by atoms with Crippen LogP contribution in [0.1, 0.15) is 48.2 Å². The molecule has 2 aromatic rings. The van der Waals surface area contributed by atoms with Crippen molar-refractivity contribution in [3.05, 3.63) is 59.2 Å². The highest BCUT2D eigenvalue weighted by molar-refractivity contribution is 8.00. The number of ether oxygens (including phenoxy) is 1. The van der Waals surface area contributed by atoms with Crippen molar-refractivity contribution in [2.24, 2.45) is 0 Å². The van der Waals surface area contributed by atoms with Gasteiger partial charge in [0.15, 0.2) is 6.61 Å². The molecule has 28 heavy (non-hydrogen) atoms. The van der Waals surface area contributed by atoms with E-state index in [1.807, 2.05) is 25.1 Å². The first kappa shape index (κ1) is 21.7. The van der Waals surface area contributed by atoms with Crippen LogP contribution in [0.15, 0.2) is 47.4 Å². The zero-order valence-electron chi connectivity index (χ0n) is 16.6. The number of ketones is 1. The number of hydrogen-bond acceptors (Lipinski definition) is 5. The smallest absolute Gasteiger partial charge is 0.339 e. The van der Waals surface area contributed by atoms with E-state index in [9.17, 15) is 14.4 Å². The quantitative estimate of drug-likeness (QED) is 0.519. The van der Waals surface area contributed by atoms with Gasteiger partial charge in [0.2, 0.25) is 0 Å². The van der Waals surface area contributed by atoms with Gasteiger partial charge in [0.05, 0.1) is 11.3 Å². The fourth-order valence-corrected chi connectivity index (χ4v) is 3.51. The summed E-state index contributed by atoms with van der Waals surface area (Å²) in [7, 11) is 0. The molecule has 2 aromatic carbocycles. The summed E-state index contributed by atoms with van der Waals surface area (Å²) in [6.07, 6.45) is 0. The molecule has 0 spiro atoms. The van der Waals surface area contributed by atoms with E-state index in [2.05, 4.69) is 19.2 Å². The molecule has 0 unspecified atom stereocenters. The Morgan fingerprint density at radius 2 is 1.79 bits per heavy atom. The molecule has 0 aliphatic heterocycles. The highest BCUT2D eigenvalue weighted by atomic mass is 32.2. The maximum Gasteiger partial charge on any atom is 0.339 e. The Bertz CT molecular complexity index is 877. The Balaban J connectivity index is 2.03. The molecular weight excluding hydrogens is 374 g/mol. The van der Waals surface area contributed by atoms with Gasteiger partial charge in [-0.3, -0.25) is 9.59 Å². The number of rotatable bonds is 8. The molecule has 0 bridgehead atoms. The lowest BCUT2D eigenvalue weighted by molar-refractivity contribution is -0.119. The summed E-state index contributed by atoms with van der Waals surface area (Å²) < 4.78 is 5.20. The van der Waals surface area contributed by atoms with Gasteiger partial charge in [-0.2, -0.15) is 0 Å². The number of benzene rings is 2. The van der Waals surface area contributed by atoms with E-state index >= 15 is 0 Å². The number of para-hydroxylation sites is 1. The van der Waals surface area contributed by atoms with E-state index in [1.165, 1.54) is 18.7 Å².